The first-order valence-electron chi connectivity index (χ1n) is 9.01. The van der Waals surface area contributed by atoms with Crippen molar-refractivity contribution >= 4 is 16.9 Å². The molecule has 124 valence electrons. The van der Waals surface area contributed by atoms with Crippen LogP contribution in [0.1, 0.15) is 56.8 Å². The SMILES string of the molecule is CCCc1nc2ccc(CCC(=O)N3CCCCCC3)cc2[nH]1. The molecule has 1 aliphatic heterocycles. The molecule has 1 amide bonds. The third kappa shape index (κ3) is 4.12. The van der Waals surface area contributed by atoms with Gasteiger partial charge < -0.3 is 9.88 Å². The van der Waals surface area contributed by atoms with Gasteiger partial charge in [0.1, 0.15) is 5.82 Å². The van der Waals surface area contributed by atoms with E-state index in [-0.39, 0.29) is 0 Å². The number of fused-ring (bicyclic) bond motifs is 1. The largest absolute Gasteiger partial charge is 0.343 e. The lowest BCUT2D eigenvalue weighted by Gasteiger charge is -2.20. The first kappa shape index (κ1) is 16.0. The van der Waals surface area contributed by atoms with Gasteiger partial charge in [-0.15, -0.1) is 0 Å². The molecule has 3 rings (SSSR count). The number of carbonyl (C=O) groups is 1. The fraction of sp³-hybridized carbons (Fsp3) is 0.579. The average molecular weight is 313 g/mol. The summed E-state index contributed by atoms with van der Waals surface area (Å²) in [6.45, 7) is 4.05. The number of aromatic nitrogens is 2. The highest BCUT2D eigenvalue weighted by molar-refractivity contribution is 5.78. The van der Waals surface area contributed by atoms with Crippen molar-refractivity contribution in [2.75, 3.05) is 13.1 Å². The van der Waals surface area contributed by atoms with Gasteiger partial charge in [-0.2, -0.15) is 0 Å². The second-order valence-corrected chi connectivity index (χ2v) is 6.58. The maximum absolute atomic E-state index is 12.4. The van der Waals surface area contributed by atoms with Crippen molar-refractivity contribution in [2.45, 2.75) is 58.3 Å². The van der Waals surface area contributed by atoms with Crippen LogP contribution in [-0.2, 0) is 17.6 Å². The second-order valence-electron chi connectivity index (χ2n) is 6.58. The first-order chi connectivity index (χ1) is 11.3. The molecule has 4 heteroatoms. The average Bonchev–Trinajstić information content (AvgIpc) is 2.77. The molecule has 0 unspecified atom stereocenters. The summed E-state index contributed by atoms with van der Waals surface area (Å²) in [4.78, 5) is 22.4. The smallest absolute Gasteiger partial charge is 0.222 e. The van der Waals surface area contributed by atoms with Crippen LogP contribution in [0, 0.1) is 0 Å². The monoisotopic (exact) mass is 313 g/mol. The van der Waals surface area contributed by atoms with Gasteiger partial charge in [0.25, 0.3) is 0 Å². The van der Waals surface area contributed by atoms with Gasteiger partial charge in [0.15, 0.2) is 0 Å². The normalized spacial score (nSPS) is 15.8. The molecule has 0 spiro atoms. The lowest BCUT2D eigenvalue weighted by Crippen LogP contribution is -2.31. The van der Waals surface area contributed by atoms with Crippen molar-refractivity contribution in [3.63, 3.8) is 0 Å². The van der Waals surface area contributed by atoms with Crippen LogP contribution >= 0.6 is 0 Å². The number of likely N-dealkylation sites (tertiary alicyclic amines) is 1. The van der Waals surface area contributed by atoms with Crippen molar-refractivity contribution < 1.29 is 4.79 Å². The Hall–Kier alpha value is -1.84. The lowest BCUT2D eigenvalue weighted by atomic mass is 10.1. The topological polar surface area (TPSA) is 49.0 Å². The Bertz CT molecular complexity index is 654. The summed E-state index contributed by atoms with van der Waals surface area (Å²) in [5.41, 5.74) is 3.33. The maximum Gasteiger partial charge on any atom is 0.222 e. The highest BCUT2D eigenvalue weighted by Gasteiger charge is 2.15. The van der Waals surface area contributed by atoms with E-state index >= 15 is 0 Å². The molecule has 0 radical (unpaired) electrons. The quantitative estimate of drug-likeness (QED) is 0.911. The molecular formula is C19H27N3O. The highest BCUT2D eigenvalue weighted by atomic mass is 16.2. The predicted molar refractivity (Wildman–Crippen MR) is 93.5 cm³/mol. The lowest BCUT2D eigenvalue weighted by molar-refractivity contribution is -0.131. The zero-order valence-electron chi connectivity index (χ0n) is 14.1. The number of H-pyrrole nitrogens is 1. The van der Waals surface area contributed by atoms with Crippen LogP contribution in [0.5, 0.6) is 0 Å². The standard InChI is InChI=1S/C19H27N3O/c1-2-7-18-20-16-10-8-15(14-17(16)21-18)9-11-19(23)22-12-5-3-4-6-13-22/h8,10,14H,2-7,9,11-13H2,1H3,(H,20,21). The van der Waals surface area contributed by atoms with Crippen molar-refractivity contribution in [3.8, 4) is 0 Å². The molecule has 0 saturated carbocycles. The van der Waals surface area contributed by atoms with Gasteiger partial charge in [-0.25, -0.2) is 4.98 Å². The molecule has 0 atom stereocenters. The molecule has 2 heterocycles. The summed E-state index contributed by atoms with van der Waals surface area (Å²) in [6, 6.07) is 6.32. The maximum atomic E-state index is 12.4. The van der Waals surface area contributed by atoms with Crippen molar-refractivity contribution in [3.05, 3.63) is 29.6 Å². The van der Waals surface area contributed by atoms with Crippen LogP contribution in [0.2, 0.25) is 0 Å². The minimum absolute atomic E-state index is 0.309. The van der Waals surface area contributed by atoms with Crippen LogP contribution in [0.25, 0.3) is 11.0 Å². The van der Waals surface area contributed by atoms with E-state index in [1.807, 2.05) is 0 Å². The zero-order valence-corrected chi connectivity index (χ0v) is 14.1. The van der Waals surface area contributed by atoms with Crippen molar-refractivity contribution in [1.29, 1.82) is 0 Å². The molecule has 1 aliphatic rings. The van der Waals surface area contributed by atoms with E-state index in [1.165, 1.54) is 18.4 Å². The number of amides is 1. The molecule has 0 bridgehead atoms. The van der Waals surface area contributed by atoms with Crippen LogP contribution in [0.3, 0.4) is 0 Å². The number of imidazole rings is 1. The fourth-order valence-electron chi connectivity index (χ4n) is 3.35. The molecule has 1 fully saturated rings. The number of nitrogens with one attached hydrogen (secondary N) is 1. The number of aromatic amines is 1. The van der Waals surface area contributed by atoms with Gasteiger partial charge in [0.05, 0.1) is 11.0 Å². The Morgan fingerprint density at radius 1 is 1.17 bits per heavy atom. The Labute approximate surface area is 138 Å². The summed E-state index contributed by atoms with van der Waals surface area (Å²) in [7, 11) is 0. The summed E-state index contributed by atoms with van der Waals surface area (Å²) in [5, 5.41) is 0. The van der Waals surface area contributed by atoms with Crippen LogP contribution in [0.15, 0.2) is 18.2 Å². The number of carbonyl (C=O) groups excluding carboxylic acids is 1. The summed E-state index contributed by atoms with van der Waals surface area (Å²) in [5.74, 6) is 1.36. The molecule has 4 nitrogen and oxygen atoms in total. The van der Waals surface area contributed by atoms with Crippen molar-refractivity contribution in [1.82, 2.24) is 14.9 Å². The molecule has 23 heavy (non-hydrogen) atoms. The molecule has 1 saturated heterocycles. The first-order valence-corrected chi connectivity index (χ1v) is 9.01. The number of hydrogen-bond donors (Lipinski definition) is 1. The molecule has 1 aromatic carbocycles. The van der Waals surface area contributed by atoms with E-state index in [0.717, 1.165) is 62.1 Å². The minimum Gasteiger partial charge on any atom is -0.343 e. The van der Waals surface area contributed by atoms with E-state index in [0.29, 0.717) is 12.3 Å². The Kier molecular flexibility index (Phi) is 5.31. The van der Waals surface area contributed by atoms with E-state index in [2.05, 4.69) is 40.0 Å². The number of aryl methyl sites for hydroxylation is 2. The second kappa shape index (κ2) is 7.62. The Morgan fingerprint density at radius 2 is 1.96 bits per heavy atom. The van der Waals surface area contributed by atoms with E-state index in [1.54, 1.807) is 0 Å². The zero-order chi connectivity index (χ0) is 16.1. The predicted octanol–water partition coefficient (Wildman–Crippen LogP) is 3.85. The van der Waals surface area contributed by atoms with Gasteiger partial charge in [-0.05, 0) is 43.4 Å². The number of benzene rings is 1. The van der Waals surface area contributed by atoms with E-state index < -0.39 is 0 Å². The van der Waals surface area contributed by atoms with Crippen LogP contribution < -0.4 is 0 Å². The fourth-order valence-corrected chi connectivity index (χ4v) is 3.35. The highest BCUT2D eigenvalue weighted by Crippen LogP contribution is 2.17. The summed E-state index contributed by atoms with van der Waals surface area (Å²) >= 11 is 0. The number of hydrogen-bond acceptors (Lipinski definition) is 2. The van der Waals surface area contributed by atoms with E-state index in [9.17, 15) is 4.79 Å². The van der Waals surface area contributed by atoms with Gasteiger partial charge in [0.2, 0.25) is 5.91 Å². The summed E-state index contributed by atoms with van der Waals surface area (Å²) in [6.07, 6.45) is 8.35. The van der Waals surface area contributed by atoms with Crippen molar-refractivity contribution in [2.24, 2.45) is 0 Å². The number of rotatable bonds is 5. The Balaban J connectivity index is 1.60. The van der Waals surface area contributed by atoms with Gasteiger partial charge in [-0.3, -0.25) is 4.79 Å². The van der Waals surface area contributed by atoms with Gasteiger partial charge in [-0.1, -0.05) is 25.8 Å². The third-order valence-corrected chi connectivity index (χ3v) is 4.67. The van der Waals surface area contributed by atoms with Crippen LogP contribution in [0.4, 0.5) is 0 Å². The van der Waals surface area contributed by atoms with Crippen LogP contribution in [-0.4, -0.2) is 33.9 Å². The third-order valence-electron chi connectivity index (χ3n) is 4.67. The Morgan fingerprint density at radius 3 is 2.70 bits per heavy atom. The van der Waals surface area contributed by atoms with Gasteiger partial charge in [0, 0.05) is 25.9 Å². The molecule has 2 aromatic rings. The molecular weight excluding hydrogens is 286 g/mol. The van der Waals surface area contributed by atoms with E-state index in [4.69, 9.17) is 0 Å². The molecule has 0 aliphatic carbocycles. The number of nitrogens with zero attached hydrogens (tertiary/aromatic N) is 2. The molecule has 1 N–H and O–H groups in total. The minimum atomic E-state index is 0.309. The molecule has 1 aromatic heterocycles. The summed E-state index contributed by atoms with van der Waals surface area (Å²) < 4.78 is 0. The van der Waals surface area contributed by atoms with Gasteiger partial charge >= 0.3 is 0 Å².